The molecule has 1 N–H and O–H groups in total. The number of carboxylic acid groups (broad SMARTS) is 1. The molecule has 1 aromatic heterocycles. The number of nitrogens with zero attached hydrogens (tertiary/aromatic N) is 1. The number of aromatic carboxylic acids is 1. The molecule has 3 rings (SSSR count). The minimum absolute atomic E-state index is 0.0500. The molecular weight excluding hydrogens is 423 g/mol. The molecule has 22 heavy (non-hydrogen) atoms. The van der Waals surface area contributed by atoms with Crippen LogP contribution in [-0.2, 0) is 6.42 Å². The van der Waals surface area contributed by atoms with E-state index in [1.807, 2.05) is 22.6 Å². The lowest BCUT2D eigenvalue weighted by molar-refractivity contribution is 0.0695. The maximum atomic E-state index is 14.6. The fourth-order valence-electron chi connectivity index (χ4n) is 2.22. The quantitative estimate of drug-likeness (QED) is 0.623. The minimum atomic E-state index is -1.24. The van der Waals surface area contributed by atoms with E-state index >= 15 is 0 Å². The SMILES string of the molecule is O=C(O)c1cc2scnc2c(F)c1Cc1ccc(I)cc1F. The molecule has 0 saturated heterocycles. The number of thiazole rings is 1. The number of benzene rings is 2. The number of halogens is 3. The molecule has 0 aliphatic heterocycles. The lowest BCUT2D eigenvalue weighted by atomic mass is 9.98. The topological polar surface area (TPSA) is 50.2 Å². The van der Waals surface area contributed by atoms with Gasteiger partial charge in [0.05, 0.1) is 15.8 Å². The van der Waals surface area contributed by atoms with E-state index in [0.717, 1.165) is 11.3 Å². The molecule has 3 aromatic rings. The van der Waals surface area contributed by atoms with Crippen molar-refractivity contribution in [1.29, 1.82) is 0 Å². The lowest BCUT2D eigenvalue weighted by Gasteiger charge is -2.09. The van der Waals surface area contributed by atoms with E-state index in [-0.39, 0.29) is 28.6 Å². The third-order valence-corrected chi connectivity index (χ3v) is 4.73. The van der Waals surface area contributed by atoms with Crippen LogP contribution in [0.15, 0.2) is 29.8 Å². The number of rotatable bonds is 3. The molecule has 0 fully saturated rings. The second kappa shape index (κ2) is 5.88. The van der Waals surface area contributed by atoms with Crippen LogP contribution < -0.4 is 0 Å². The van der Waals surface area contributed by atoms with Crippen LogP contribution in [0.25, 0.3) is 10.2 Å². The first kappa shape index (κ1) is 15.3. The van der Waals surface area contributed by atoms with E-state index in [0.29, 0.717) is 8.27 Å². The molecular formula is C15H8F2INO2S. The Bertz CT molecular complexity index is 895. The smallest absolute Gasteiger partial charge is 0.336 e. The van der Waals surface area contributed by atoms with Gasteiger partial charge in [-0.1, -0.05) is 6.07 Å². The maximum absolute atomic E-state index is 14.6. The van der Waals surface area contributed by atoms with Gasteiger partial charge in [-0.2, -0.15) is 0 Å². The Morgan fingerprint density at radius 1 is 1.32 bits per heavy atom. The molecule has 0 amide bonds. The molecule has 0 aliphatic rings. The lowest BCUT2D eigenvalue weighted by Crippen LogP contribution is -2.07. The zero-order chi connectivity index (χ0) is 15.9. The second-order valence-electron chi connectivity index (χ2n) is 4.63. The highest BCUT2D eigenvalue weighted by molar-refractivity contribution is 14.1. The molecule has 0 bridgehead atoms. The van der Waals surface area contributed by atoms with Crippen molar-refractivity contribution in [2.75, 3.05) is 0 Å². The summed E-state index contributed by atoms with van der Waals surface area (Å²) < 4.78 is 29.7. The summed E-state index contributed by atoms with van der Waals surface area (Å²) in [5.41, 5.74) is 1.61. The summed E-state index contributed by atoms with van der Waals surface area (Å²) in [5.74, 6) is -2.43. The van der Waals surface area contributed by atoms with Gasteiger partial charge < -0.3 is 5.11 Å². The summed E-state index contributed by atoms with van der Waals surface area (Å²) in [6.07, 6.45) is -0.135. The Hall–Kier alpha value is -1.61. The van der Waals surface area contributed by atoms with Gasteiger partial charge >= 0.3 is 5.97 Å². The Morgan fingerprint density at radius 2 is 2.09 bits per heavy atom. The zero-order valence-electron chi connectivity index (χ0n) is 10.9. The number of carboxylic acids is 1. The molecule has 112 valence electrons. The van der Waals surface area contributed by atoms with Crippen LogP contribution >= 0.6 is 33.9 Å². The van der Waals surface area contributed by atoms with Crippen molar-refractivity contribution >= 4 is 50.1 Å². The summed E-state index contributed by atoms with van der Waals surface area (Å²) in [5, 5.41) is 9.30. The molecule has 7 heteroatoms. The largest absolute Gasteiger partial charge is 0.478 e. The van der Waals surface area contributed by atoms with E-state index in [4.69, 9.17) is 0 Å². The fourth-order valence-corrected chi connectivity index (χ4v) is 3.39. The second-order valence-corrected chi connectivity index (χ2v) is 6.77. The van der Waals surface area contributed by atoms with Crippen molar-refractivity contribution < 1.29 is 18.7 Å². The summed E-state index contributed by atoms with van der Waals surface area (Å²) in [6, 6.07) is 5.94. The minimum Gasteiger partial charge on any atom is -0.478 e. The van der Waals surface area contributed by atoms with Crippen molar-refractivity contribution in [1.82, 2.24) is 4.98 Å². The van der Waals surface area contributed by atoms with Crippen molar-refractivity contribution in [2.45, 2.75) is 6.42 Å². The van der Waals surface area contributed by atoms with Gasteiger partial charge in [0, 0.05) is 15.6 Å². The van der Waals surface area contributed by atoms with Gasteiger partial charge in [0.1, 0.15) is 11.3 Å². The normalized spacial score (nSPS) is 11.0. The van der Waals surface area contributed by atoms with Crippen LogP contribution in [-0.4, -0.2) is 16.1 Å². The average molecular weight is 431 g/mol. The molecule has 0 aliphatic carbocycles. The molecule has 0 spiro atoms. The van der Waals surface area contributed by atoms with Gasteiger partial charge in [0.2, 0.25) is 0 Å². The molecule has 0 radical (unpaired) electrons. The number of aromatic nitrogens is 1. The Labute approximate surface area is 141 Å². The number of hydrogen-bond acceptors (Lipinski definition) is 3. The van der Waals surface area contributed by atoms with Crippen LogP contribution in [0, 0.1) is 15.2 Å². The standard InChI is InChI=1S/C15H8F2INO2S/c16-11-4-8(18)2-1-7(11)3-9-10(15(20)21)5-12-14(13(9)17)19-6-22-12/h1-2,4-6H,3H2,(H,20,21). The van der Waals surface area contributed by atoms with Crippen molar-refractivity contribution in [3.8, 4) is 0 Å². The van der Waals surface area contributed by atoms with Gasteiger partial charge in [-0.25, -0.2) is 18.6 Å². The van der Waals surface area contributed by atoms with E-state index in [1.165, 1.54) is 23.7 Å². The van der Waals surface area contributed by atoms with Crippen molar-refractivity contribution in [2.24, 2.45) is 0 Å². The molecule has 0 atom stereocenters. The highest BCUT2D eigenvalue weighted by Gasteiger charge is 2.21. The average Bonchev–Trinajstić information content (AvgIpc) is 2.92. The van der Waals surface area contributed by atoms with Crippen LogP contribution in [0.4, 0.5) is 8.78 Å². The predicted octanol–water partition coefficient (Wildman–Crippen LogP) is 4.47. The number of hydrogen-bond donors (Lipinski definition) is 1. The highest BCUT2D eigenvalue weighted by atomic mass is 127. The third-order valence-electron chi connectivity index (χ3n) is 3.28. The number of fused-ring (bicyclic) bond motifs is 1. The van der Waals surface area contributed by atoms with Crippen LogP contribution in [0.1, 0.15) is 21.5 Å². The molecule has 1 heterocycles. The van der Waals surface area contributed by atoms with Gasteiger partial charge in [-0.3, -0.25) is 0 Å². The fraction of sp³-hybridized carbons (Fsp3) is 0.0667. The van der Waals surface area contributed by atoms with Gasteiger partial charge in [0.15, 0.2) is 5.82 Å². The molecule has 3 nitrogen and oxygen atoms in total. The number of carbonyl (C=O) groups is 1. The zero-order valence-corrected chi connectivity index (χ0v) is 13.9. The third kappa shape index (κ3) is 2.70. The Morgan fingerprint density at radius 3 is 2.77 bits per heavy atom. The van der Waals surface area contributed by atoms with Crippen LogP contribution in [0.3, 0.4) is 0 Å². The summed E-state index contributed by atoms with van der Waals surface area (Å²) in [6.45, 7) is 0. The van der Waals surface area contributed by atoms with Crippen molar-refractivity contribution in [3.05, 3.63) is 61.7 Å². The van der Waals surface area contributed by atoms with Gasteiger partial charge in [0.25, 0.3) is 0 Å². The Balaban J connectivity index is 2.18. The van der Waals surface area contributed by atoms with E-state index < -0.39 is 17.6 Å². The van der Waals surface area contributed by atoms with Gasteiger partial charge in [-0.05, 0) is 46.4 Å². The predicted molar refractivity (Wildman–Crippen MR) is 88.5 cm³/mol. The van der Waals surface area contributed by atoms with Crippen LogP contribution in [0.5, 0.6) is 0 Å². The molecule has 0 unspecified atom stereocenters. The van der Waals surface area contributed by atoms with E-state index in [2.05, 4.69) is 4.98 Å². The first-order valence-corrected chi connectivity index (χ1v) is 8.15. The van der Waals surface area contributed by atoms with Gasteiger partial charge in [-0.15, -0.1) is 11.3 Å². The van der Waals surface area contributed by atoms with E-state index in [1.54, 1.807) is 6.07 Å². The Kier molecular flexibility index (Phi) is 4.09. The molecule has 2 aromatic carbocycles. The van der Waals surface area contributed by atoms with E-state index in [9.17, 15) is 18.7 Å². The summed E-state index contributed by atoms with van der Waals surface area (Å²) >= 11 is 3.13. The first-order valence-electron chi connectivity index (χ1n) is 6.19. The highest BCUT2D eigenvalue weighted by Crippen LogP contribution is 2.29. The summed E-state index contributed by atoms with van der Waals surface area (Å²) in [7, 11) is 0. The van der Waals surface area contributed by atoms with Crippen LogP contribution in [0.2, 0.25) is 0 Å². The monoisotopic (exact) mass is 431 g/mol. The van der Waals surface area contributed by atoms with Crippen molar-refractivity contribution in [3.63, 3.8) is 0 Å². The summed E-state index contributed by atoms with van der Waals surface area (Å²) in [4.78, 5) is 15.3. The molecule has 0 saturated carbocycles. The first-order chi connectivity index (χ1) is 10.5. The maximum Gasteiger partial charge on any atom is 0.336 e.